The van der Waals surface area contributed by atoms with Crippen molar-refractivity contribution in [3.8, 4) is 33.8 Å². The smallest absolute Gasteiger partial charge is 0.130 e. The van der Waals surface area contributed by atoms with Crippen LogP contribution < -0.4 is 20.5 Å². The number of nitrogen functional groups attached to an aromatic ring is 1. The molecule has 2 fully saturated rings. The van der Waals surface area contributed by atoms with Crippen molar-refractivity contribution in [3.05, 3.63) is 97.1 Å². The van der Waals surface area contributed by atoms with Gasteiger partial charge in [-0.1, -0.05) is 125 Å². The number of para-hydroxylation sites is 1. The summed E-state index contributed by atoms with van der Waals surface area (Å²) < 4.78 is 38.8. The van der Waals surface area contributed by atoms with E-state index >= 15 is 0 Å². The summed E-state index contributed by atoms with van der Waals surface area (Å²) in [5.41, 5.74) is 13.2. The van der Waals surface area contributed by atoms with Crippen LogP contribution in [0.1, 0.15) is 64.2 Å². The van der Waals surface area contributed by atoms with E-state index in [-0.39, 0.29) is 28.3 Å². The number of hydrogen-bond donors (Lipinski definition) is 1. The molecule has 6 rings (SSSR count). The Kier molecular flexibility index (Phi) is 16.6. The molecule has 0 spiro atoms. The van der Waals surface area contributed by atoms with Crippen LogP contribution in [0.3, 0.4) is 0 Å². The zero-order valence-corrected chi connectivity index (χ0v) is 31.5. The predicted octanol–water partition coefficient (Wildman–Crippen LogP) is 9.24. The number of hydrogen-bond acceptors (Lipinski definition) is 6. The maximum absolute atomic E-state index is 9.08. The molecule has 0 heterocycles. The third kappa shape index (κ3) is 11.7. The fourth-order valence-corrected chi connectivity index (χ4v) is 10.8. The first-order chi connectivity index (χ1) is 22.7. The number of anilines is 1. The van der Waals surface area contributed by atoms with Gasteiger partial charge in [-0.15, -0.1) is 0 Å². The van der Waals surface area contributed by atoms with Gasteiger partial charge in [0.25, 0.3) is 0 Å². The number of ether oxygens (including phenoxy) is 2. The number of methoxy groups -OCH3 is 2. The van der Waals surface area contributed by atoms with E-state index in [1.165, 1.54) is 75.3 Å². The molecule has 0 radical (unpaired) electrons. The zero-order valence-electron chi connectivity index (χ0n) is 28.3. The Balaban J connectivity index is 0.000000272. The van der Waals surface area contributed by atoms with Gasteiger partial charge in [-0.3, -0.25) is 0 Å². The van der Waals surface area contributed by atoms with Gasteiger partial charge >= 0.3 is 0 Å². The molecule has 262 valence electrons. The van der Waals surface area contributed by atoms with E-state index in [4.69, 9.17) is 28.2 Å². The van der Waals surface area contributed by atoms with Gasteiger partial charge in [0, 0.05) is 37.9 Å². The monoisotopic (exact) mass is 780 g/mol. The van der Waals surface area contributed by atoms with Crippen molar-refractivity contribution in [3.63, 3.8) is 0 Å². The second-order valence-corrected chi connectivity index (χ2v) is 16.4. The van der Waals surface area contributed by atoms with Crippen LogP contribution in [0.15, 0.2) is 97.1 Å². The van der Waals surface area contributed by atoms with Crippen LogP contribution in [0.25, 0.3) is 22.3 Å². The van der Waals surface area contributed by atoms with Crippen molar-refractivity contribution in [1.82, 2.24) is 0 Å². The van der Waals surface area contributed by atoms with E-state index in [1.54, 1.807) is 19.5 Å². The van der Waals surface area contributed by atoms with Crippen LogP contribution in [-0.2, 0) is 30.5 Å². The SMILES string of the molecule is COc1cccc(OC)c1-c1ccccc1P(C1CCCCC1)C1CCCCC1.CS(=O)(=O)[O-].Nc1ccccc1-c1ccccc1.[Pd]. The molecule has 0 saturated heterocycles. The van der Waals surface area contributed by atoms with E-state index in [2.05, 4.69) is 48.5 Å². The second-order valence-electron chi connectivity index (χ2n) is 12.2. The number of rotatable bonds is 7. The van der Waals surface area contributed by atoms with E-state index in [9.17, 15) is 0 Å². The molecule has 2 saturated carbocycles. The molecule has 0 aromatic heterocycles. The Labute approximate surface area is 303 Å². The minimum atomic E-state index is -3.92. The van der Waals surface area contributed by atoms with Crippen LogP contribution in [0.2, 0.25) is 0 Å². The standard InChI is InChI=1S/C26H35O2P.C12H11N.CH4O3S.Pd/c1-27-23-17-11-18-24(28-2)26(23)22-16-9-10-19-25(22)29(20-12-5-3-6-13-20)21-14-7-4-8-15-21;13-12-9-5-4-8-11(12)10-6-2-1-3-7-10;1-5(2,3)4;/h9-11,16-21H,3-8,12-15H2,1-2H3;1-9H,13H2;1H3,(H,2,3,4);/p-1. The average molecular weight is 781 g/mol. The average Bonchev–Trinajstić information content (AvgIpc) is 3.09. The van der Waals surface area contributed by atoms with E-state index < -0.39 is 10.1 Å². The van der Waals surface area contributed by atoms with Crippen molar-refractivity contribution >= 4 is 29.0 Å². The molecule has 0 amide bonds. The van der Waals surface area contributed by atoms with Crippen molar-refractivity contribution in [1.29, 1.82) is 0 Å². The first-order valence-electron chi connectivity index (χ1n) is 16.6. The molecule has 0 aliphatic heterocycles. The van der Waals surface area contributed by atoms with Crippen molar-refractivity contribution in [2.24, 2.45) is 0 Å². The molecular weight excluding hydrogens is 732 g/mol. The summed E-state index contributed by atoms with van der Waals surface area (Å²) >= 11 is 0. The molecule has 0 unspecified atom stereocenters. The topological polar surface area (TPSA) is 102 Å². The molecule has 6 nitrogen and oxygen atoms in total. The number of nitrogens with two attached hydrogens (primary N) is 1. The largest absolute Gasteiger partial charge is 0.748 e. The van der Waals surface area contributed by atoms with Crippen LogP contribution in [0.4, 0.5) is 5.69 Å². The molecule has 4 aromatic carbocycles. The summed E-state index contributed by atoms with van der Waals surface area (Å²) in [5.74, 6) is 1.83. The molecule has 0 bridgehead atoms. The molecule has 0 atom stereocenters. The van der Waals surface area contributed by atoms with Crippen LogP contribution in [0, 0.1) is 0 Å². The van der Waals surface area contributed by atoms with E-state index in [0.717, 1.165) is 39.6 Å². The first kappa shape index (κ1) is 39.7. The fourth-order valence-electron chi connectivity index (χ4n) is 6.81. The third-order valence-electron chi connectivity index (χ3n) is 8.86. The quantitative estimate of drug-likeness (QED) is 0.0869. The zero-order chi connectivity index (χ0) is 33.6. The maximum Gasteiger partial charge on any atom is 0.130 e. The predicted molar refractivity (Wildman–Crippen MR) is 197 cm³/mol. The minimum absolute atomic E-state index is 0. The molecule has 9 heteroatoms. The van der Waals surface area contributed by atoms with Gasteiger partial charge < -0.3 is 19.8 Å². The first-order valence-corrected chi connectivity index (χ1v) is 19.9. The van der Waals surface area contributed by atoms with Crippen molar-refractivity contribution in [2.75, 3.05) is 26.2 Å². The summed E-state index contributed by atoms with van der Waals surface area (Å²) in [4.78, 5) is 0. The second kappa shape index (κ2) is 20.1. The Morgan fingerprint density at radius 2 is 1.08 bits per heavy atom. The minimum Gasteiger partial charge on any atom is -0.748 e. The Morgan fingerprint density at radius 1 is 0.646 bits per heavy atom. The van der Waals surface area contributed by atoms with Crippen LogP contribution in [-0.4, -0.2) is 44.8 Å². The molecular formula is C39H49NO5PPdS-. The van der Waals surface area contributed by atoms with Gasteiger partial charge in [-0.25, -0.2) is 8.42 Å². The van der Waals surface area contributed by atoms with E-state index in [0.29, 0.717) is 6.26 Å². The molecule has 2 aliphatic carbocycles. The molecule has 2 N–H and O–H groups in total. The van der Waals surface area contributed by atoms with Crippen LogP contribution >= 0.6 is 7.92 Å². The Morgan fingerprint density at radius 3 is 1.56 bits per heavy atom. The van der Waals surface area contributed by atoms with Crippen LogP contribution in [0.5, 0.6) is 11.5 Å². The van der Waals surface area contributed by atoms with Crippen molar-refractivity contribution < 1.29 is 42.9 Å². The molecule has 2 aliphatic rings. The summed E-state index contributed by atoms with van der Waals surface area (Å²) in [5, 5.41) is 1.59. The van der Waals surface area contributed by atoms with Gasteiger partial charge in [0.2, 0.25) is 0 Å². The molecule has 4 aromatic rings. The van der Waals surface area contributed by atoms with Gasteiger partial charge in [-0.2, -0.15) is 0 Å². The summed E-state index contributed by atoms with van der Waals surface area (Å²) in [6.07, 6.45) is 14.8. The fraction of sp³-hybridized carbons (Fsp3) is 0.385. The van der Waals surface area contributed by atoms with Gasteiger partial charge in [0.15, 0.2) is 0 Å². The molecule has 48 heavy (non-hydrogen) atoms. The normalized spacial score (nSPS) is 15.2. The summed E-state index contributed by atoms with van der Waals surface area (Å²) in [6, 6.07) is 33.4. The Bertz CT molecular complexity index is 1590. The number of benzene rings is 4. The maximum atomic E-state index is 9.08. The summed E-state index contributed by atoms with van der Waals surface area (Å²) in [6.45, 7) is 0. The van der Waals surface area contributed by atoms with Crippen molar-refractivity contribution in [2.45, 2.75) is 75.5 Å². The van der Waals surface area contributed by atoms with E-state index in [1.807, 2.05) is 48.5 Å². The Hall–Kier alpha value is -2.72. The van der Waals surface area contributed by atoms with Gasteiger partial charge in [-0.05, 0) is 71.6 Å². The third-order valence-corrected chi connectivity index (χ3v) is 12.4. The van der Waals surface area contributed by atoms with Gasteiger partial charge in [0.05, 0.1) is 29.9 Å². The summed E-state index contributed by atoms with van der Waals surface area (Å²) in [7, 11) is -0.559. The van der Waals surface area contributed by atoms with Gasteiger partial charge in [0.1, 0.15) is 11.5 Å².